The van der Waals surface area contributed by atoms with Gasteiger partial charge < -0.3 is 10.0 Å². The van der Waals surface area contributed by atoms with E-state index in [0.29, 0.717) is 0 Å². The van der Waals surface area contributed by atoms with Crippen LogP contribution >= 0.6 is 0 Å². The van der Waals surface area contributed by atoms with Crippen molar-refractivity contribution in [3.63, 3.8) is 0 Å². The Morgan fingerprint density at radius 3 is 2.94 bits per heavy atom. The van der Waals surface area contributed by atoms with Crippen molar-refractivity contribution in [2.24, 2.45) is 13.0 Å². The molecule has 0 bridgehead atoms. The molecule has 90 valence electrons. The number of hydrogen-bond acceptors (Lipinski definition) is 3. The normalized spacial score (nSPS) is 22.6. The van der Waals surface area contributed by atoms with Crippen LogP contribution in [0.2, 0.25) is 0 Å². The second kappa shape index (κ2) is 4.97. The third-order valence-electron chi connectivity index (χ3n) is 3.41. The minimum absolute atomic E-state index is 0.0774. The van der Waals surface area contributed by atoms with Gasteiger partial charge in [0.15, 0.2) is 0 Å². The maximum absolute atomic E-state index is 9.11. The largest absolute Gasteiger partial charge is 0.390 e. The lowest BCUT2D eigenvalue weighted by Crippen LogP contribution is -2.33. The maximum atomic E-state index is 9.11. The van der Waals surface area contributed by atoms with E-state index in [1.807, 2.05) is 13.1 Å². The average molecular weight is 223 g/mol. The standard InChI is InChI=1S/C12H21N3O/c1-14-5-3-4-10(8-14)6-11-7-12(9-16)15(2)13-11/h7,10,16H,3-6,8-9H2,1-2H3. The summed E-state index contributed by atoms with van der Waals surface area (Å²) in [5.41, 5.74) is 2.02. The van der Waals surface area contributed by atoms with Crippen molar-refractivity contribution in [1.82, 2.24) is 14.7 Å². The van der Waals surface area contributed by atoms with Gasteiger partial charge in [0.25, 0.3) is 0 Å². The Morgan fingerprint density at radius 1 is 1.50 bits per heavy atom. The summed E-state index contributed by atoms with van der Waals surface area (Å²) in [6.45, 7) is 2.47. The Hall–Kier alpha value is -0.870. The molecule has 1 unspecified atom stereocenters. The fourth-order valence-corrected chi connectivity index (χ4v) is 2.55. The molecule has 4 nitrogen and oxygen atoms in total. The first-order chi connectivity index (χ1) is 7.69. The minimum atomic E-state index is 0.0774. The van der Waals surface area contributed by atoms with E-state index in [-0.39, 0.29) is 6.61 Å². The van der Waals surface area contributed by atoms with Crippen molar-refractivity contribution < 1.29 is 5.11 Å². The van der Waals surface area contributed by atoms with Gasteiger partial charge in [0, 0.05) is 13.6 Å². The van der Waals surface area contributed by atoms with E-state index in [9.17, 15) is 0 Å². The minimum Gasteiger partial charge on any atom is -0.390 e. The predicted molar refractivity (Wildman–Crippen MR) is 63.1 cm³/mol. The summed E-state index contributed by atoms with van der Waals surface area (Å²) >= 11 is 0. The van der Waals surface area contributed by atoms with E-state index in [2.05, 4.69) is 17.0 Å². The number of aromatic nitrogens is 2. The molecule has 1 aromatic heterocycles. The first-order valence-corrected chi connectivity index (χ1v) is 6.00. The highest BCUT2D eigenvalue weighted by molar-refractivity contribution is 5.10. The van der Waals surface area contributed by atoms with Crippen LogP contribution in [0.15, 0.2) is 6.07 Å². The number of nitrogens with zero attached hydrogens (tertiary/aromatic N) is 3. The SMILES string of the molecule is CN1CCCC(Cc2cc(CO)n(C)n2)C1. The first-order valence-electron chi connectivity index (χ1n) is 6.00. The lowest BCUT2D eigenvalue weighted by molar-refractivity contribution is 0.208. The Morgan fingerprint density at radius 2 is 2.31 bits per heavy atom. The number of hydrogen-bond donors (Lipinski definition) is 1. The summed E-state index contributed by atoms with van der Waals surface area (Å²) in [6.07, 6.45) is 3.63. The highest BCUT2D eigenvalue weighted by atomic mass is 16.3. The second-order valence-corrected chi connectivity index (χ2v) is 4.88. The van der Waals surface area contributed by atoms with Crippen molar-refractivity contribution in [2.75, 3.05) is 20.1 Å². The molecule has 0 aromatic carbocycles. The molecule has 0 aliphatic carbocycles. The van der Waals surface area contributed by atoms with Crippen LogP contribution in [-0.2, 0) is 20.1 Å². The zero-order valence-electron chi connectivity index (χ0n) is 10.2. The summed E-state index contributed by atoms with van der Waals surface area (Å²) in [5, 5.41) is 13.5. The number of piperidine rings is 1. The van der Waals surface area contributed by atoms with Gasteiger partial charge in [-0.1, -0.05) is 0 Å². The molecule has 0 spiro atoms. The molecule has 4 heteroatoms. The summed E-state index contributed by atoms with van der Waals surface area (Å²) in [5.74, 6) is 0.722. The van der Waals surface area contributed by atoms with Gasteiger partial charge in [0.2, 0.25) is 0 Å². The monoisotopic (exact) mass is 223 g/mol. The van der Waals surface area contributed by atoms with E-state index < -0.39 is 0 Å². The molecule has 2 rings (SSSR count). The third kappa shape index (κ3) is 2.62. The number of aliphatic hydroxyl groups excluding tert-OH is 1. The van der Waals surface area contributed by atoms with E-state index in [1.165, 1.54) is 25.9 Å². The lowest BCUT2D eigenvalue weighted by Gasteiger charge is -2.29. The predicted octanol–water partition coefficient (Wildman–Crippen LogP) is 0.797. The molecule has 1 aromatic rings. The van der Waals surface area contributed by atoms with Gasteiger partial charge in [0.05, 0.1) is 18.0 Å². The molecule has 16 heavy (non-hydrogen) atoms. The topological polar surface area (TPSA) is 41.3 Å². The molecule has 1 saturated heterocycles. The highest BCUT2D eigenvalue weighted by Crippen LogP contribution is 2.19. The summed E-state index contributed by atoms with van der Waals surface area (Å²) in [4.78, 5) is 2.39. The van der Waals surface area contributed by atoms with Gasteiger partial charge in [-0.05, 0) is 44.8 Å². The molecular formula is C12H21N3O. The van der Waals surface area contributed by atoms with Gasteiger partial charge in [-0.25, -0.2) is 0 Å². The van der Waals surface area contributed by atoms with Crippen LogP contribution in [0.3, 0.4) is 0 Å². The van der Waals surface area contributed by atoms with Crippen LogP contribution in [0.4, 0.5) is 0 Å². The average Bonchev–Trinajstić information content (AvgIpc) is 2.58. The van der Waals surface area contributed by atoms with Crippen LogP contribution < -0.4 is 0 Å². The molecule has 0 amide bonds. The van der Waals surface area contributed by atoms with Gasteiger partial charge in [-0.2, -0.15) is 5.10 Å². The van der Waals surface area contributed by atoms with Crippen molar-refractivity contribution in [2.45, 2.75) is 25.9 Å². The Kier molecular flexibility index (Phi) is 3.61. The van der Waals surface area contributed by atoms with Crippen LogP contribution in [0, 0.1) is 5.92 Å². The fraction of sp³-hybridized carbons (Fsp3) is 0.750. The second-order valence-electron chi connectivity index (χ2n) is 4.88. The van der Waals surface area contributed by atoms with Crippen LogP contribution in [0.1, 0.15) is 24.2 Å². The lowest BCUT2D eigenvalue weighted by atomic mass is 9.94. The van der Waals surface area contributed by atoms with Gasteiger partial charge in [0.1, 0.15) is 0 Å². The molecule has 0 saturated carbocycles. The van der Waals surface area contributed by atoms with Gasteiger partial charge >= 0.3 is 0 Å². The summed E-state index contributed by atoms with van der Waals surface area (Å²) < 4.78 is 1.78. The molecule has 2 heterocycles. The number of rotatable bonds is 3. The quantitative estimate of drug-likeness (QED) is 0.824. The molecule has 1 N–H and O–H groups in total. The molecule has 1 aliphatic rings. The summed E-state index contributed by atoms with van der Waals surface area (Å²) in [6, 6.07) is 2.02. The van der Waals surface area contributed by atoms with E-state index in [4.69, 9.17) is 5.11 Å². The first kappa shape index (κ1) is 11.6. The zero-order chi connectivity index (χ0) is 11.5. The smallest absolute Gasteiger partial charge is 0.0849 e. The molecule has 1 atom stereocenters. The maximum Gasteiger partial charge on any atom is 0.0849 e. The van der Waals surface area contributed by atoms with E-state index in [1.54, 1.807) is 4.68 Å². The Balaban J connectivity index is 1.97. The van der Waals surface area contributed by atoms with Crippen LogP contribution in [0.5, 0.6) is 0 Å². The summed E-state index contributed by atoms with van der Waals surface area (Å²) in [7, 11) is 4.08. The Bertz CT molecular complexity index is 348. The van der Waals surface area contributed by atoms with Gasteiger partial charge in [-0.3, -0.25) is 4.68 Å². The molecule has 0 radical (unpaired) electrons. The van der Waals surface area contributed by atoms with Gasteiger partial charge in [-0.15, -0.1) is 0 Å². The highest BCUT2D eigenvalue weighted by Gasteiger charge is 2.18. The molecular weight excluding hydrogens is 202 g/mol. The number of aliphatic hydroxyl groups is 1. The van der Waals surface area contributed by atoms with E-state index >= 15 is 0 Å². The van der Waals surface area contributed by atoms with E-state index in [0.717, 1.165) is 23.7 Å². The number of likely N-dealkylation sites (tertiary alicyclic amines) is 1. The van der Waals surface area contributed by atoms with Crippen molar-refractivity contribution in [3.05, 3.63) is 17.5 Å². The van der Waals surface area contributed by atoms with Crippen LogP contribution in [-0.4, -0.2) is 39.9 Å². The van der Waals surface area contributed by atoms with Crippen molar-refractivity contribution >= 4 is 0 Å². The van der Waals surface area contributed by atoms with Crippen molar-refractivity contribution in [3.8, 4) is 0 Å². The fourth-order valence-electron chi connectivity index (χ4n) is 2.55. The Labute approximate surface area is 96.9 Å². The number of aryl methyl sites for hydroxylation is 1. The third-order valence-corrected chi connectivity index (χ3v) is 3.41. The molecule has 1 aliphatic heterocycles. The van der Waals surface area contributed by atoms with Crippen molar-refractivity contribution in [1.29, 1.82) is 0 Å². The molecule has 1 fully saturated rings. The zero-order valence-corrected chi connectivity index (χ0v) is 10.2. The van der Waals surface area contributed by atoms with Crippen LogP contribution in [0.25, 0.3) is 0 Å².